The molecule has 1 aromatic heterocycles. The number of hydrogen-bond donors (Lipinski definition) is 2. The van der Waals surface area contributed by atoms with E-state index in [2.05, 4.69) is 15.7 Å². The first-order valence-corrected chi connectivity index (χ1v) is 8.60. The van der Waals surface area contributed by atoms with Gasteiger partial charge in [0.1, 0.15) is 11.3 Å². The zero-order chi connectivity index (χ0) is 19.5. The Kier molecular flexibility index (Phi) is 6.95. The van der Waals surface area contributed by atoms with Crippen molar-refractivity contribution in [1.29, 1.82) is 0 Å². The highest BCUT2D eigenvalue weighted by atomic mass is 35.5. The number of hydrogen-bond acceptors (Lipinski definition) is 4. The summed E-state index contributed by atoms with van der Waals surface area (Å²) in [5.41, 5.74) is -1.73. The third-order valence-electron chi connectivity index (χ3n) is 4.86. The number of rotatable bonds is 5. The fourth-order valence-corrected chi connectivity index (χ4v) is 3.36. The molecule has 28 heavy (non-hydrogen) atoms. The molecule has 1 aliphatic rings. The molecule has 3 rings (SSSR count). The summed E-state index contributed by atoms with van der Waals surface area (Å²) in [6.45, 7) is 1.03. The molecule has 2 heterocycles. The first-order chi connectivity index (χ1) is 12.9. The van der Waals surface area contributed by atoms with Crippen LogP contribution in [0.2, 0.25) is 0 Å². The lowest BCUT2D eigenvalue weighted by Gasteiger charge is -2.36. The topological polar surface area (TPSA) is 68.2 Å². The summed E-state index contributed by atoms with van der Waals surface area (Å²) in [5.74, 6) is -0.222. The molecule has 0 bridgehead atoms. The normalized spacial score (nSPS) is 16.1. The van der Waals surface area contributed by atoms with E-state index in [1.165, 1.54) is 19.2 Å². The predicted molar refractivity (Wildman–Crippen MR) is 99.4 cm³/mol. The van der Waals surface area contributed by atoms with Gasteiger partial charge in [0.05, 0.1) is 12.7 Å². The Balaban J connectivity index is 0.00000280. The Morgan fingerprint density at radius 3 is 2.64 bits per heavy atom. The summed E-state index contributed by atoms with van der Waals surface area (Å²) in [7, 11) is 1.31. The number of carbonyl (C=O) groups is 1. The van der Waals surface area contributed by atoms with Crippen molar-refractivity contribution in [2.24, 2.45) is 0 Å². The van der Waals surface area contributed by atoms with E-state index in [1.54, 1.807) is 23.1 Å². The maximum atomic E-state index is 13.4. The Morgan fingerprint density at radius 1 is 1.36 bits per heavy atom. The van der Waals surface area contributed by atoms with Crippen LogP contribution in [0.4, 0.5) is 13.2 Å². The van der Waals surface area contributed by atoms with Gasteiger partial charge < -0.3 is 15.4 Å². The summed E-state index contributed by atoms with van der Waals surface area (Å²) >= 11 is 0. The molecule has 1 fully saturated rings. The molecular weight excluding hydrogens is 397 g/mol. The van der Waals surface area contributed by atoms with E-state index in [4.69, 9.17) is 4.74 Å². The van der Waals surface area contributed by atoms with E-state index in [0.29, 0.717) is 25.9 Å². The van der Waals surface area contributed by atoms with Crippen LogP contribution in [0.25, 0.3) is 0 Å². The lowest BCUT2D eigenvalue weighted by atomic mass is 9.87. The van der Waals surface area contributed by atoms with Crippen LogP contribution in [0.15, 0.2) is 36.7 Å². The van der Waals surface area contributed by atoms with Crippen molar-refractivity contribution in [3.63, 3.8) is 0 Å². The second kappa shape index (κ2) is 8.83. The third-order valence-corrected chi connectivity index (χ3v) is 4.86. The SMILES string of the molecule is COc1ccc(CNC(=O)C2(n3cccn3)CCNCC2)c(C(F)(F)F)c1.Cl. The van der Waals surface area contributed by atoms with E-state index < -0.39 is 17.3 Å². The van der Waals surface area contributed by atoms with Gasteiger partial charge in [0.25, 0.3) is 0 Å². The first-order valence-electron chi connectivity index (χ1n) is 8.60. The molecule has 0 unspecified atom stereocenters. The van der Waals surface area contributed by atoms with Gasteiger partial charge in [-0.15, -0.1) is 12.4 Å². The summed E-state index contributed by atoms with van der Waals surface area (Å²) in [5, 5.41) is 10.1. The van der Waals surface area contributed by atoms with Crippen molar-refractivity contribution in [1.82, 2.24) is 20.4 Å². The van der Waals surface area contributed by atoms with Crippen molar-refractivity contribution >= 4 is 18.3 Å². The van der Waals surface area contributed by atoms with E-state index >= 15 is 0 Å². The Hall–Kier alpha value is -2.26. The molecule has 10 heteroatoms. The average Bonchev–Trinajstić information content (AvgIpc) is 3.21. The first kappa shape index (κ1) is 22.0. The minimum absolute atomic E-state index is 0. The molecule has 0 aliphatic carbocycles. The van der Waals surface area contributed by atoms with Gasteiger partial charge in [0.15, 0.2) is 0 Å². The van der Waals surface area contributed by atoms with Crippen LogP contribution in [-0.2, 0) is 23.1 Å². The molecule has 1 aliphatic heterocycles. The molecule has 2 N–H and O–H groups in total. The zero-order valence-corrected chi connectivity index (χ0v) is 16.1. The van der Waals surface area contributed by atoms with E-state index in [9.17, 15) is 18.0 Å². The molecule has 6 nitrogen and oxygen atoms in total. The highest BCUT2D eigenvalue weighted by Gasteiger charge is 2.42. The average molecular weight is 419 g/mol. The van der Waals surface area contributed by atoms with Gasteiger partial charge in [-0.3, -0.25) is 9.48 Å². The van der Waals surface area contributed by atoms with Crippen LogP contribution >= 0.6 is 12.4 Å². The fourth-order valence-electron chi connectivity index (χ4n) is 3.36. The number of methoxy groups -OCH3 is 1. The minimum atomic E-state index is -4.54. The summed E-state index contributed by atoms with van der Waals surface area (Å²) < 4.78 is 46.5. The van der Waals surface area contributed by atoms with Gasteiger partial charge in [-0.05, 0) is 49.7 Å². The number of piperidine rings is 1. The highest BCUT2D eigenvalue weighted by Crippen LogP contribution is 2.35. The molecule has 0 spiro atoms. The van der Waals surface area contributed by atoms with Crippen LogP contribution in [-0.4, -0.2) is 35.9 Å². The van der Waals surface area contributed by atoms with Gasteiger partial charge in [0, 0.05) is 18.9 Å². The van der Waals surface area contributed by atoms with E-state index in [-0.39, 0.29) is 36.2 Å². The van der Waals surface area contributed by atoms with Gasteiger partial charge in [-0.25, -0.2) is 0 Å². The second-order valence-corrected chi connectivity index (χ2v) is 6.44. The van der Waals surface area contributed by atoms with Gasteiger partial charge in [0.2, 0.25) is 5.91 Å². The predicted octanol–water partition coefficient (Wildman–Crippen LogP) is 2.73. The molecule has 1 aromatic carbocycles. The quantitative estimate of drug-likeness (QED) is 0.783. The zero-order valence-electron chi connectivity index (χ0n) is 15.3. The summed E-state index contributed by atoms with van der Waals surface area (Å²) in [6.07, 6.45) is -0.227. The smallest absolute Gasteiger partial charge is 0.416 e. The number of amides is 1. The van der Waals surface area contributed by atoms with Crippen LogP contribution in [0.3, 0.4) is 0 Å². The van der Waals surface area contributed by atoms with Crippen LogP contribution in [0.1, 0.15) is 24.0 Å². The van der Waals surface area contributed by atoms with Crippen molar-refractivity contribution in [2.45, 2.75) is 31.1 Å². The second-order valence-electron chi connectivity index (χ2n) is 6.44. The number of aromatic nitrogens is 2. The molecule has 1 saturated heterocycles. The molecule has 0 atom stereocenters. The molecule has 154 valence electrons. The van der Waals surface area contributed by atoms with Crippen molar-refractivity contribution in [2.75, 3.05) is 20.2 Å². The van der Waals surface area contributed by atoms with Crippen LogP contribution in [0.5, 0.6) is 5.75 Å². The number of nitrogens with one attached hydrogen (secondary N) is 2. The lowest BCUT2D eigenvalue weighted by molar-refractivity contribution is -0.139. The standard InChI is InChI=1S/C18H21F3N4O2.ClH/c1-27-14-4-3-13(15(11-14)18(19,20)21)12-23-16(26)17(5-8-22-9-6-17)25-10-2-7-24-25;/h2-4,7,10-11,22H,5-6,8-9,12H2,1H3,(H,23,26);1H. The minimum Gasteiger partial charge on any atom is -0.497 e. The third kappa shape index (κ3) is 4.41. The van der Waals surface area contributed by atoms with Gasteiger partial charge in [-0.2, -0.15) is 18.3 Å². The Labute approximate surface area is 166 Å². The van der Waals surface area contributed by atoms with Crippen molar-refractivity contribution < 1.29 is 22.7 Å². The maximum absolute atomic E-state index is 13.4. The van der Waals surface area contributed by atoms with E-state index in [1.807, 2.05) is 0 Å². The molecule has 2 aromatic rings. The number of halogens is 4. The Bertz CT molecular complexity index is 791. The van der Waals surface area contributed by atoms with E-state index in [0.717, 1.165) is 6.07 Å². The maximum Gasteiger partial charge on any atom is 0.416 e. The number of carbonyl (C=O) groups excluding carboxylic acids is 1. The van der Waals surface area contributed by atoms with Gasteiger partial charge in [-0.1, -0.05) is 6.07 Å². The fraction of sp³-hybridized carbons (Fsp3) is 0.444. The molecular formula is C18H22ClF3N4O2. The molecule has 0 radical (unpaired) electrons. The summed E-state index contributed by atoms with van der Waals surface area (Å²) in [4.78, 5) is 13.0. The number of benzene rings is 1. The van der Waals surface area contributed by atoms with Gasteiger partial charge >= 0.3 is 6.18 Å². The number of ether oxygens (including phenoxy) is 1. The monoisotopic (exact) mass is 418 g/mol. The Morgan fingerprint density at radius 2 is 2.07 bits per heavy atom. The highest BCUT2D eigenvalue weighted by molar-refractivity contribution is 5.85. The van der Waals surface area contributed by atoms with Crippen LogP contribution < -0.4 is 15.4 Å². The van der Waals surface area contributed by atoms with Crippen LogP contribution in [0, 0.1) is 0 Å². The number of nitrogens with zero attached hydrogens (tertiary/aromatic N) is 2. The molecule has 0 saturated carbocycles. The summed E-state index contributed by atoms with van der Waals surface area (Å²) in [6, 6.07) is 5.44. The molecule has 1 amide bonds. The van der Waals surface area contributed by atoms with Crippen molar-refractivity contribution in [3.8, 4) is 5.75 Å². The lowest BCUT2D eigenvalue weighted by Crippen LogP contribution is -2.54. The van der Waals surface area contributed by atoms with Crippen molar-refractivity contribution in [3.05, 3.63) is 47.8 Å². The number of alkyl halides is 3. The largest absolute Gasteiger partial charge is 0.497 e.